The topological polar surface area (TPSA) is 15.3 Å². The highest BCUT2D eigenvalue weighted by atomic mass is 35.5. The van der Waals surface area contributed by atoms with Crippen molar-refractivity contribution in [2.75, 3.05) is 24.3 Å². The fraction of sp³-hybridized carbons (Fsp3) is 0.200. The Morgan fingerprint density at radius 1 is 0.947 bits per heavy atom. The van der Waals surface area contributed by atoms with Gasteiger partial charge < -0.3 is 10.2 Å². The van der Waals surface area contributed by atoms with Crippen molar-refractivity contribution in [3.8, 4) is 0 Å². The van der Waals surface area contributed by atoms with Crippen LogP contribution in [0.1, 0.15) is 5.56 Å². The molecule has 0 bridgehead atoms. The number of halogens is 2. The molecule has 100 valence electrons. The molecule has 0 aliphatic heterocycles. The summed E-state index contributed by atoms with van der Waals surface area (Å²) in [7, 11) is 4.06. The molecule has 2 rings (SSSR count). The lowest BCUT2D eigenvalue weighted by molar-refractivity contribution is 1.11. The smallest absolute Gasteiger partial charge is 0.0441 e. The van der Waals surface area contributed by atoms with Crippen LogP contribution in [0.5, 0.6) is 0 Å². The molecule has 2 aromatic rings. The number of hydrogen-bond donors (Lipinski definition) is 1. The zero-order valence-electron chi connectivity index (χ0n) is 11.0. The van der Waals surface area contributed by atoms with Gasteiger partial charge in [0.25, 0.3) is 0 Å². The summed E-state index contributed by atoms with van der Waals surface area (Å²) in [5, 5.41) is 4.58. The van der Waals surface area contributed by atoms with Crippen LogP contribution in [0.25, 0.3) is 0 Å². The Balaban J connectivity index is 2.02. The van der Waals surface area contributed by atoms with Crippen molar-refractivity contribution in [1.29, 1.82) is 0 Å². The van der Waals surface area contributed by atoms with Gasteiger partial charge in [-0.15, -0.1) is 0 Å². The zero-order valence-corrected chi connectivity index (χ0v) is 12.5. The van der Waals surface area contributed by atoms with Gasteiger partial charge in [-0.2, -0.15) is 0 Å². The molecule has 0 aliphatic rings. The molecule has 0 fully saturated rings. The Morgan fingerprint density at radius 2 is 1.53 bits per heavy atom. The fourth-order valence-electron chi connectivity index (χ4n) is 1.77. The van der Waals surface area contributed by atoms with Gasteiger partial charge in [-0.1, -0.05) is 35.3 Å². The van der Waals surface area contributed by atoms with E-state index in [1.165, 1.54) is 11.3 Å². The van der Waals surface area contributed by atoms with Crippen LogP contribution in [-0.2, 0) is 6.54 Å². The van der Waals surface area contributed by atoms with Crippen LogP contribution in [-0.4, -0.2) is 14.1 Å². The lowest BCUT2D eigenvalue weighted by Crippen LogP contribution is -2.08. The van der Waals surface area contributed by atoms with Gasteiger partial charge in [-0.05, 0) is 35.9 Å². The van der Waals surface area contributed by atoms with Crippen LogP contribution in [0.3, 0.4) is 0 Å². The van der Waals surface area contributed by atoms with E-state index >= 15 is 0 Å². The van der Waals surface area contributed by atoms with Crippen molar-refractivity contribution in [1.82, 2.24) is 0 Å². The first-order chi connectivity index (χ1) is 9.04. The highest BCUT2D eigenvalue weighted by Crippen LogP contribution is 2.23. The van der Waals surface area contributed by atoms with E-state index in [1.54, 1.807) is 6.07 Å². The average molecular weight is 295 g/mol. The van der Waals surface area contributed by atoms with Crippen molar-refractivity contribution in [2.24, 2.45) is 0 Å². The lowest BCUT2D eigenvalue weighted by Gasteiger charge is -2.13. The number of hydrogen-bond acceptors (Lipinski definition) is 2. The predicted octanol–water partition coefficient (Wildman–Crippen LogP) is 4.67. The minimum Gasteiger partial charge on any atom is -0.381 e. The van der Waals surface area contributed by atoms with E-state index < -0.39 is 0 Å². The third-order valence-electron chi connectivity index (χ3n) is 2.81. The predicted molar refractivity (Wildman–Crippen MR) is 84.6 cm³/mol. The third kappa shape index (κ3) is 4.05. The molecule has 0 atom stereocenters. The largest absolute Gasteiger partial charge is 0.381 e. The Kier molecular flexibility index (Phi) is 4.56. The second-order valence-corrected chi connectivity index (χ2v) is 5.45. The molecule has 0 saturated heterocycles. The van der Waals surface area contributed by atoms with Gasteiger partial charge in [0.2, 0.25) is 0 Å². The maximum Gasteiger partial charge on any atom is 0.0441 e. The molecule has 0 heterocycles. The number of anilines is 2. The van der Waals surface area contributed by atoms with E-state index in [9.17, 15) is 0 Å². The van der Waals surface area contributed by atoms with Gasteiger partial charge in [-0.3, -0.25) is 0 Å². The van der Waals surface area contributed by atoms with Gasteiger partial charge in [-0.25, -0.2) is 0 Å². The van der Waals surface area contributed by atoms with Gasteiger partial charge >= 0.3 is 0 Å². The summed E-state index contributed by atoms with van der Waals surface area (Å²) in [6.07, 6.45) is 0. The van der Waals surface area contributed by atoms with Crippen molar-refractivity contribution < 1.29 is 0 Å². The van der Waals surface area contributed by atoms with Gasteiger partial charge in [0.15, 0.2) is 0 Å². The molecule has 0 saturated carbocycles. The monoisotopic (exact) mass is 294 g/mol. The maximum atomic E-state index is 5.96. The first-order valence-electron chi connectivity index (χ1n) is 6.01. The SMILES string of the molecule is CN(C)c1ccc(CNc2cc(Cl)cc(Cl)c2)cc1. The number of nitrogens with zero attached hydrogens (tertiary/aromatic N) is 1. The molecule has 0 spiro atoms. The van der Waals surface area contributed by atoms with E-state index in [0.29, 0.717) is 10.0 Å². The second kappa shape index (κ2) is 6.18. The molecular weight excluding hydrogens is 279 g/mol. The van der Waals surface area contributed by atoms with E-state index in [2.05, 4.69) is 34.5 Å². The van der Waals surface area contributed by atoms with Crippen LogP contribution < -0.4 is 10.2 Å². The van der Waals surface area contributed by atoms with Crippen LogP contribution >= 0.6 is 23.2 Å². The fourth-order valence-corrected chi connectivity index (χ4v) is 2.30. The normalized spacial score (nSPS) is 10.3. The van der Waals surface area contributed by atoms with E-state index in [1.807, 2.05) is 26.2 Å². The quantitative estimate of drug-likeness (QED) is 0.881. The molecule has 19 heavy (non-hydrogen) atoms. The molecule has 0 aromatic heterocycles. The summed E-state index contributed by atoms with van der Waals surface area (Å²) in [5.41, 5.74) is 3.32. The molecule has 1 N–H and O–H groups in total. The summed E-state index contributed by atoms with van der Waals surface area (Å²) in [6, 6.07) is 13.9. The Bertz CT molecular complexity index is 530. The van der Waals surface area contributed by atoms with E-state index in [-0.39, 0.29) is 0 Å². The first-order valence-corrected chi connectivity index (χ1v) is 6.76. The van der Waals surface area contributed by atoms with Gasteiger partial charge in [0.05, 0.1) is 0 Å². The molecule has 4 heteroatoms. The maximum absolute atomic E-state index is 5.96. The molecule has 2 aromatic carbocycles. The third-order valence-corrected chi connectivity index (χ3v) is 3.25. The second-order valence-electron chi connectivity index (χ2n) is 4.57. The minimum absolute atomic E-state index is 0.637. The zero-order chi connectivity index (χ0) is 13.8. The van der Waals surface area contributed by atoms with Crippen molar-refractivity contribution in [2.45, 2.75) is 6.54 Å². The Hall–Kier alpha value is -1.38. The van der Waals surface area contributed by atoms with Crippen molar-refractivity contribution >= 4 is 34.6 Å². The van der Waals surface area contributed by atoms with E-state index in [0.717, 1.165) is 12.2 Å². The van der Waals surface area contributed by atoms with Crippen LogP contribution in [0, 0.1) is 0 Å². The minimum atomic E-state index is 0.637. The van der Waals surface area contributed by atoms with Crippen LogP contribution in [0.2, 0.25) is 10.0 Å². The van der Waals surface area contributed by atoms with Crippen molar-refractivity contribution in [3.05, 3.63) is 58.1 Å². The Morgan fingerprint density at radius 3 is 2.05 bits per heavy atom. The average Bonchev–Trinajstić information content (AvgIpc) is 2.36. The molecular formula is C15H16Cl2N2. The van der Waals surface area contributed by atoms with Crippen LogP contribution in [0.4, 0.5) is 11.4 Å². The molecule has 2 nitrogen and oxygen atoms in total. The first kappa shape index (κ1) is 14.0. The summed E-state index contributed by atoms with van der Waals surface area (Å²) >= 11 is 11.9. The summed E-state index contributed by atoms with van der Waals surface area (Å²) in [5.74, 6) is 0. The highest BCUT2D eigenvalue weighted by Gasteiger charge is 1.99. The van der Waals surface area contributed by atoms with Crippen LogP contribution in [0.15, 0.2) is 42.5 Å². The molecule has 0 aliphatic carbocycles. The summed E-state index contributed by atoms with van der Waals surface area (Å²) in [6.45, 7) is 0.740. The highest BCUT2D eigenvalue weighted by molar-refractivity contribution is 6.35. The molecule has 0 unspecified atom stereocenters. The number of rotatable bonds is 4. The van der Waals surface area contributed by atoms with E-state index in [4.69, 9.17) is 23.2 Å². The number of nitrogens with one attached hydrogen (secondary N) is 1. The summed E-state index contributed by atoms with van der Waals surface area (Å²) in [4.78, 5) is 2.08. The lowest BCUT2D eigenvalue weighted by atomic mass is 10.2. The molecule has 0 amide bonds. The van der Waals surface area contributed by atoms with Gasteiger partial charge in [0.1, 0.15) is 0 Å². The van der Waals surface area contributed by atoms with Gasteiger partial charge in [0, 0.05) is 42.1 Å². The Labute approximate surface area is 123 Å². The number of benzene rings is 2. The standard InChI is InChI=1S/C15H16Cl2N2/c1-19(2)15-5-3-11(4-6-15)10-18-14-8-12(16)7-13(17)9-14/h3-9,18H,10H2,1-2H3. The summed E-state index contributed by atoms with van der Waals surface area (Å²) < 4.78 is 0. The molecule has 0 radical (unpaired) electrons. The van der Waals surface area contributed by atoms with Crippen molar-refractivity contribution in [3.63, 3.8) is 0 Å².